The second-order valence-electron chi connectivity index (χ2n) is 6.77. The Kier molecular flexibility index (Phi) is 5.99. The van der Waals surface area contributed by atoms with Crippen molar-refractivity contribution in [1.82, 2.24) is 25.2 Å². The lowest BCUT2D eigenvalue weighted by molar-refractivity contribution is 0.0985. The van der Waals surface area contributed by atoms with E-state index in [1.165, 1.54) is 0 Å². The lowest BCUT2D eigenvalue weighted by Crippen LogP contribution is -2.33. The number of nitrogens with zero attached hydrogens (tertiary/aromatic N) is 5. The first-order valence-electron chi connectivity index (χ1n) is 9.37. The highest BCUT2D eigenvalue weighted by Crippen LogP contribution is 2.32. The molecule has 9 heteroatoms. The molecule has 1 fully saturated rings. The van der Waals surface area contributed by atoms with E-state index in [2.05, 4.69) is 25.2 Å². The summed E-state index contributed by atoms with van der Waals surface area (Å²) >= 11 is 6.23. The van der Waals surface area contributed by atoms with E-state index < -0.39 is 0 Å². The van der Waals surface area contributed by atoms with Crippen LogP contribution in [0.1, 0.15) is 42.9 Å². The minimum atomic E-state index is 0.0493. The summed E-state index contributed by atoms with van der Waals surface area (Å²) in [5, 5.41) is 8.75. The molecule has 1 saturated heterocycles. The molecule has 1 unspecified atom stereocenters. The molecule has 8 nitrogen and oxygen atoms in total. The molecule has 0 radical (unpaired) electrons. The van der Waals surface area contributed by atoms with Gasteiger partial charge in [-0.3, -0.25) is 4.90 Å². The van der Waals surface area contributed by atoms with Crippen LogP contribution in [0.2, 0.25) is 5.02 Å². The van der Waals surface area contributed by atoms with E-state index in [9.17, 15) is 0 Å². The highest BCUT2D eigenvalue weighted by Gasteiger charge is 2.30. The van der Waals surface area contributed by atoms with Gasteiger partial charge in [0, 0.05) is 19.1 Å². The first kappa shape index (κ1) is 19.0. The van der Waals surface area contributed by atoms with Crippen LogP contribution in [-0.4, -0.2) is 45.4 Å². The fraction of sp³-hybridized carbons (Fsp3) is 0.474. The summed E-state index contributed by atoms with van der Waals surface area (Å²) in [6.07, 6.45) is 3.81. The lowest BCUT2D eigenvalue weighted by atomic mass is 10.0. The van der Waals surface area contributed by atoms with Crippen molar-refractivity contribution in [2.24, 2.45) is 0 Å². The van der Waals surface area contributed by atoms with E-state index in [4.69, 9.17) is 25.4 Å². The molecule has 0 saturated carbocycles. The van der Waals surface area contributed by atoms with Crippen molar-refractivity contribution in [2.45, 2.75) is 38.3 Å². The van der Waals surface area contributed by atoms with Crippen molar-refractivity contribution in [3.63, 3.8) is 0 Å². The maximum absolute atomic E-state index is 6.23. The van der Waals surface area contributed by atoms with Crippen LogP contribution >= 0.6 is 11.6 Å². The topological polar surface area (TPSA) is 90.3 Å². The molecule has 1 atom stereocenters. The van der Waals surface area contributed by atoms with E-state index in [1.54, 1.807) is 7.11 Å². The molecule has 0 bridgehead atoms. The number of methoxy groups -OCH3 is 1. The van der Waals surface area contributed by atoms with Crippen LogP contribution < -0.4 is 0 Å². The minimum absolute atomic E-state index is 0.0493. The van der Waals surface area contributed by atoms with Gasteiger partial charge in [-0.25, -0.2) is 0 Å². The first-order valence-corrected chi connectivity index (χ1v) is 9.75. The molecule has 0 spiro atoms. The van der Waals surface area contributed by atoms with Crippen molar-refractivity contribution in [3.05, 3.63) is 46.9 Å². The van der Waals surface area contributed by atoms with E-state index >= 15 is 0 Å². The average Bonchev–Trinajstić information content (AvgIpc) is 3.37. The van der Waals surface area contributed by atoms with Gasteiger partial charge in [0.25, 0.3) is 0 Å². The van der Waals surface area contributed by atoms with E-state index in [1.807, 2.05) is 24.3 Å². The van der Waals surface area contributed by atoms with Crippen LogP contribution in [0.25, 0.3) is 11.4 Å². The summed E-state index contributed by atoms with van der Waals surface area (Å²) in [5.41, 5.74) is 0.758. The van der Waals surface area contributed by atoms with E-state index in [-0.39, 0.29) is 6.04 Å². The molecule has 2 aromatic heterocycles. The molecule has 4 rings (SSSR count). The standard InChI is InChI=1S/C19H22ClN5O3/c1-26-11-9-16-21-19(28-23-16)15-8-4-5-10-25(15)12-17-22-18(24-27-17)13-6-2-3-7-14(13)20/h2-3,6-7,15H,4-5,8-12H2,1H3. The number of likely N-dealkylation sites (tertiary alicyclic amines) is 1. The Balaban J connectivity index is 1.48. The van der Waals surface area contributed by atoms with Gasteiger partial charge in [0.05, 0.1) is 24.2 Å². The Morgan fingerprint density at radius 3 is 2.93 bits per heavy atom. The maximum atomic E-state index is 6.23. The first-order chi connectivity index (χ1) is 13.7. The molecular weight excluding hydrogens is 382 g/mol. The van der Waals surface area contributed by atoms with Gasteiger partial charge in [0.1, 0.15) is 0 Å². The summed E-state index contributed by atoms with van der Waals surface area (Å²) in [6.45, 7) is 2.00. The van der Waals surface area contributed by atoms with Crippen molar-refractivity contribution >= 4 is 11.6 Å². The molecule has 0 amide bonds. The number of hydrogen-bond donors (Lipinski definition) is 0. The molecule has 28 heavy (non-hydrogen) atoms. The highest BCUT2D eigenvalue weighted by atomic mass is 35.5. The van der Waals surface area contributed by atoms with Crippen molar-refractivity contribution in [2.75, 3.05) is 20.3 Å². The van der Waals surface area contributed by atoms with Gasteiger partial charge in [-0.15, -0.1) is 0 Å². The van der Waals surface area contributed by atoms with Crippen LogP contribution in [0.5, 0.6) is 0 Å². The number of benzene rings is 1. The lowest BCUT2D eigenvalue weighted by Gasteiger charge is -2.31. The van der Waals surface area contributed by atoms with E-state index in [0.717, 1.165) is 31.4 Å². The Morgan fingerprint density at radius 2 is 2.07 bits per heavy atom. The van der Waals surface area contributed by atoms with Crippen LogP contribution in [0.15, 0.2) is 33.3 Å². The number of aromatic nitrogens is 4. The van der Waals surface area contributed by atoms with Crippen LogP contribution in [0, 0.1) is 0 Å². The van der Waals surface area contributed by atoms with Gasteiger partial charge in [-0.05, 0) is 31.5 Å². The number of halogens is 1. The quantitative estimate of drug-likeness (QED) is 0.590. The fourth-order valence-electron chi connectivity index (χ4n) is 3.40. The highest BCUT2D eigenvalue weighted by molar-refractivity contribution is 6.33. The second-order valence-corrected chi connectivity index (χ2v) is 7.17. The second kappa shape index (κ2) is 8.81. The van der Waals surface area contributed by atoms with Gasteiger partial charge in [0.15, 0.2) is 5.82 Å². The summed E-state index contributed by atoms with van der Waals surface area (Å²) in [6, 6.07) is 7.50. The van der Waals surface area contributed by atoms with E-state index in [0.29, 0.717) is 48.0 Å². The summed E-state index contributed by atoms with van der Waals surface area (Å²) < 4.78 is 16.1. The average molecular weight is 404 g/mol. The SMILES string of the molecule is COCCc1noc(C2CCCCN2Cc2nc(-c3ccccc3Cl)no2)n1. The van der Waals surface area contributed by atoms with Crippen molar-refractivity contribution in [1.29, 1.82) is 0 Å². The summed E-state index contributed by atoms with van der Waals surface area (Å²) in [5.74, 6) is 2.34. The third-order valence-electron chi connectivity index (χ3n) is 4.83. The zero-order chi connectivity index (χ0) is 19.3. The van der Waals surface area contributed by atoms with Gasteiger partial charge in [-0.1, -0.05) is 40.5 Å². The van der Waals surface area contributed by atoms with Crippen LogP contribution in [0.4, 0.5) is 0 Å². The van der Waals surface area contributed by atoms with Gasteiger partial charge in [0.2, 0.25) is 17.6 Å². The molecule has 3 heterocycles. The Hall–Kier alpha value is -2.29. The zero-order valence-electron chi connectivity index (χ0n) is 15.7. The summed E-state index contributed by atoms with van der Waals surface area (Å²) in [7, 11) is 1.66. The predicted molar refractivity (Wildman–Crippen MR) is 102 cm³/mol. The van der Waals surface area contributed by atoms with Crippen molar-refractivity contribution < 1.29 is 13.8 Å². The Bertz CT molecular complexity index is 912. The number of ether oxygens (including phenoxy) is 1. The Labute approximate surface area is 167 Å². The van der Waals surface area contributed by atoms with Crippen LogP contribution in [0.3, 0.4) is 0 Å². The Morgan fingerprint density at radius 1 is 1.18 bits per heavy atom. The molecule has 1 aliphatic rings. The largest absolute Gasteiger partial charge is 0.384 e. The predicted octanol–water partition coefficient (Wildman–Crippen LogP) is 3.69. The minimum Gasteiger partial charge on any atom is -0.384 e. The molecular formula is C19H22ClN5O3. The molecule has 148 valence electrons. The molecule has 0 N–H and O–H groups in total. The molecule has 0 aliphatic carbocycles. The van der Waals surface area contributed by atoms with Crippen LogP contribution in [-0.2, 0) is 17.7 Å². The summed E-state index contributed by atoms with van der Waals surface area (Å²) in [4.78, 5) is 11.3. The monoisotopic (exact) mass is 403 g/mol. The maximum Gasteiger partial charge on any atom is 0.244 e. The van der Waals surface area contributed by atoms with Crippen molar-refractivity contribution in [3.8, 4) is 11.4 Å². The zero-order valence-corrected chi connectivity index (χ0v) is 16.4. The fourth-order valence-corrected chi connectivity index (χ4v) is 3.62. The van der Waals surface area contributed by atoms with Gasteiger partial charge in [-0.2, -0.15) is 9.97 Å². The number of rotatable bonds is 7. The van der Waals surface area contributed by atoms with Gasteiger partial charge < -0.3 is 13.8 Å². The number of piperidine rings is 1. The number of hydrogen-bond acceptors (Lipinski definition) is 8. The third kappa shape index (κ3) is 4.24. The van der Waals surface area contributed by atoms with Gasteiger partial charge >= 0.3 is 0 Å². The molecule has 1 aliphatic heterocycles. The molecule has 1 aromatic carbocycles. The smallest absolute Gasteiger partial charge is 0.244 e. The third-order valence-corrected chi connectivity index (χ3v) is 5.16. The normalized spacial score (nSPS) is 17.9. The molecule has 3 aromatic rings.